The lowest BCUT2D eigenvalue weighted by molar-refractivity contribution is -0.148. The van der Waals surface area contributed by atoms with E-state index in [1.807, 2.05) is 30.0 Å². The van der Waals surface area contributed by atoms with E-state index >= 15 is 0 Å². The van der Waals surface area contributed by atoms with Gasteiger partial charge in [-0.1, -0.05) is 0 Å². The number of esters is 1. The summed E-state index contributed by atoms with van der Waals surface area (Å²) >= 11 is 0. The van der Waals surface area contributed by atoms with Gasteiger partial charge in [0, 0.05) is 31.3 Å². The summed E-state index contributed by atoms with van der Waals surface area (Å²) in [5.74, 6) is 1.52. The molecule has 160 valence electrons. The van der Waals surface area contributed by atoms with E-state index in [2.05, 4.69) is 4.98 Å². The van der Waals surface area contributed by atoms with Gasteiger partial charge in [-0.15, -0.1) is 0 Å². The number of rotatable bonds is 5. The minimum absolute atomic E-state index is 0.181. The van der Waals surface area contributed by atoms with Crippen LogP contribution in [0.1, 0.15) is 25.3 Å². The molecular formula is C22H27N3O5. The summed E-state index contributed by atoms with van der Waals surface area (Å²) in [7, 11) is 3.21. The molecule has 0 N–H and O–H groups in total. The standard InChI is InChI=1S/C22H27N3O5/c1-4-30-21(26)15-6-5-8-24(13-15)20-12-17-16-11-19(29-3)18(28-2)10-14(16)7-9-25(17)22(27)23-20/h10-12,15H,4-9,13H2,1-3H3/t15-/m0/s1. The van der Waals surface area contributed by atoms with Gasteiger partial charge in [-0.3, -0.25) is 9.36 Å². The van der Waals surface area contributed by atoms with Gasteiger partial charge in [0.2, 0.25) is 0 Å². The zero-order valence-electron chi connectivity index (χ0n) is 17.6. The van der Waals surface area contributed by atoms with E-state index in [-0.39, 0.29) is 17.6 Å². The van der Waals surface area contributed by atoms with Crippen molar-refractivity contribution in [2.45, 2.75) is 32.7 Å². The summed E-state index contributed by atoms with van der Waals surface area (Å²) in [5, 5.41) is 0. The second kappa shape index (κ2) is 8.38. The topological polar surface area (TPSA) is 82.9 Å². The Labute approximate surface area is 175 Å². The van der Waals surface area contributed by atoms with E-state index < -0.39 is 0 Å². The number of anilines is 1. The Bertz CT molecular complexity index is 1020. The van der Waals surface area contributed by atoms with Crippen molar-refractivity contribution in [3.8, 4) is 22.8 Å². The van der Waals surface area contributed by atoms with Crippen molar-refractivity contribution in [2.24, 2.45) is 5.92 Å². The lowest BCUT2D eigenvalue weighted by atomic mass is 9.96. The van der Waals surface area contributed by atoms with Crippen molar-refractivity contribution < 1.29 is 19.0 Å². The second-order valence-corrected chi connectivity index (χ2v) is 7.59. The maximum absolute atomic E-state index is 12.8. The summed E-state index contributed by atoms with van der Waals surface area (Å²) in [6.45, 7) is 4.01. The first-order valence-corrected chi connectivity index (χ1v) is 10.3. The Morgan fingerprint density at radius 2 is 1.93 bits per heavy atom. The van der Waals surface area contributed by atoms with Gasteiger partial charge in [0.15, 0.2) is 11.5 Å². The van der Waals surface area contributed by atoms with Gasteiger partial charge >= 0.3 is 11.7 Å². The van der Waals surface area contributed by atoms with Gasteiger partial charge in [0.05, 0.1) is 32.4 Å². The van der Waals surface area contributed by atoms with Crippen LogP contribution in [0.2, 0.25) is 0 Å². The highest BCUT2D eigenvalue weighted by Crippen LogP contribution is 2.38. The van der Waals surface area contributed by atoms with Crippen LogP contribution in [-0.2, 0) is 22.5 Å². The van der Waals surface area contributed by atoms with Gasteiger partial charge in [0.1, 0.15) is 5.82 Å². The largest absolute Gasteiger partial charge is 0.493 e. The minimum Gasteiger partial charge on any atom is -0.493 e. The Morgan fingerprint density at radius 1 is 1.17 bits per heavy atom. The molecule has 0 aliphatic carbocycles. The molecule has 0 unspecified atom stereocenters. The zero-order chi connectivity index (χ0) is 21.3. The molecule has 1 saturated heterocycles. The Morgan fingerprint density at radius 3 is 2.67 bits per heavy atom. The van der Waals surface area contributed by atoms with Crippen molar-refractivity contribution in [1.82, 2.24) is 9.55 Å². The van der Waals surface area contributed by atoms with Gasteiger partial charge in [0.25, 0.3) is 0 Å². The van der Waals surface area contributed by atoms with E-state index in [0.717, 1.165) is 42.6 Å². The van der Waals surface area contributed by atoms with E-state index in [9.17, 15) is 9.59 Å². The highest BCUT2D eigenvalue weighted by atomic mass is 16.5. The molecule has 1 aromatic heterocycles. The zero-order valence-corrected chi connectivity index (χ0v) is 17.6. The number of hydrogen-bond donors (Lipinski definition) is 0. The van der Waals surface area contributed by atoms with Crippen LogP contribution in [0, 0.1) is 5.92 Å². The van der Waals surface area contributed by atoms with E-state index in [1.165, 1.54) is 0 Å². The van der Waals surface area contributed by atoms with Crippen LogP contribution in [0.5, 0.6) is 11.5 Å². The average molecular weight is 413 g/mol. The second-order valence-electron chi connectivity index (χ2n) is 7.59. The number of methoxy groups -OCH3 is 2. The first kappa shape index (κ1) is 20.3. The van der Waals surface area contributed by atoms with Gasteiger partial charge < -0.3 is 19.1 Å². The van der Waals surface area contributed by atoms with E-state index in [4.69, 9.17) is 14.2 Å². The number of carbonyl (C=O) groups is 1. The molecule has 8 nitrogen and oxygen atoms in total. The fourth-order valence-electron chi connectivity index (χ4n) is 4.33. The fourth-order valence-corrected chi connectivity index (χ4v) is 4.33. The highest BCUT2D eigenvalue weighted by Gasteiger charge is 2.29. The van der Waals surface area contributed by atoms with Crippen LogP contribution < -0.4 is 20.1 Å². The van der Waals surface area contributed by atoms with Crippen molar-refractivity contribution in [2.75, 3.05) is 38.8 Å². The number of fused-ring (bicyclic) bond motifs is 3. The quantitative estimate of drug-likeness (QED) is 0.696. The molecule has 2 aliphatic rings. The Balaban J connectivity index is 1.72. The molecule has 4 rings (SSSR count). The molecule has 8 heteroatoms. The summed E-state index contributed by atoms with van der Waals surface area (Å²) in [5.41, 5.74) is 2.58. The van der Waals surface area contributed by atoms with Crippen molar-refractivity contribution >= 4 is 11.8 Å². The number of aryl methyl sites for hydroxylation is 1. The molecule has 1 atom stereocenters. The van der Waals surface area contributed by atoms with Crippen molar-refractivity contribution in [1.29, 1.82) is 0 Å². The van der Waals surface area contributed by atoms with Gasteiger partial charge in [-0.25, -0.2) is 4.79 Å². The number of aromatic nitrogens is 2. The maximum atomic E-state index is 12.8. The van der Waals surface area contributed by atoms with E-state index in [0.29, 0.717) is 37.0 Å². The van der Waals surface area contributed by atoms with Gasteiger partial charge in [-0.05, 0) is 43.9 Å². The summed E-state index contributed by atoms with van der Waals surface area (Å²) < 4.78 is 17.8. The smallest absolute Gasteiger partial charge is 0.350 e. The molecule has 1 aromatic carbocycles. The summed E-state index contributed by atoms with van der Waals surface area (Å²) in [6.07, 6.45) is 2.36. The number of piperidine rings is 1. The Kier molecular flexibility index (Phi) is 5.65. The molecule has 0 radical (unpaired) electrons. The number of benzene rings is 1. The third-order valence-electron chi connectivity index (χ3n) is 5.85. The van der Waals surface area contributed by atoms with Crippen LogP contribution in [-0.4, -0.2) is 49.4 Å². The molecule has 0 bridgehead atoms. The highest BCUT2D eigenvalue weighted by molar-refractivity contribution is 5.74. The predicted molar refractivity (Wildman–Crippen MR) is 112 cm³/mol. The van der Waals surface area contributed by atoms with E-state index in [1.54, 1.807) is 18.8 Å². The van der Waals surface area contributed by atoms with Crippen LogP contribution in [0.4, 0.5) is 5.82 Å². The molecule has 2 aromatic rings. The third kappa shape index (κ3) is 3.62. The van der Waals surface area contributed by atoms with Crippen LogP contribution in [0.25, 0.3) is 11.3 Å². The maximum Gasteiger partial charge on any atom is 0.350 e. The number of hydrogen-bond acceptors (Lipinski definition) is 7. The number of carbonyl (C=O) groups excluding carboxylic acids is 1. The normalized spacial score (nSPS) is 17.7. The molecular weight excluding hydrogens is 386 g/mol. The Hall–Kier alpha value is -3.03. The molecule has 0 amide bonds. The molecule has 0 saturated carbocycles. The minimum atomic E-state index is -0.277. The molecule has 2 aliphatic heterocycles. The average Bonchev–Trinajstić information content (AvgIpc) is 2.78. The molecule has 30 heavy (non-hydrogen) atoms. The third-order valence-corrected chi connectivity index (χ3v) is 5.85. The summed E-state index contributed by atoms with van der Waals surface area (Å²) in [4.78, 5) is 31.4. The molecule has 1 fully saturated rings. The van der Waals surface area contributed by atoms with Crippen LogP contribution >= 0.6 is 0 Å². The lowest BCUT2D eigenvalue weighted by Crippen LogP contribution is -2.41. The number of ether oxygens (including phenoxy) is 3. The fraction of sp³-hybridized carbons (Fsp3) is 0.500. The van der Waals surface area contributed by atoms with Crippen LogP contribution in [0.3, 0.4) is 0 Å². The molecule has 3 heterocycles. The van der Waals surface area contributed by atoms with Crippen molar-refractivity contribution in [3.63, 3.8) is 0 Å². The predicted octanol–water partition coefficient (Wildman–Crippen LogP) is 2.26. The SMILES string of the molecule is CCOC(=O)[C@H]1CCCN(c2cc3n(c(=O)n2)CCc2cc(OC)c(OC)cc2-3)C1. The monoisotopic (exact) mass is 413 g/mol. The van der Waals surface area contributed by atoms with Gasteiger partial charge in [-0.2, -0.15) is 4.98 Å². The molecule has 0 spiro atoms. The lowest BCUT2D eigenvalue weighted by Gasteiger charge is -2.33. The number of nitrogens with zero attached hydrogens (tertiary/aromatic N) is 3. The first-order valence-electron chi connectivity index (χ1n) is 10.3. The summed E-state index contributed by atoms with van der Waals surface area (Å²) in [6, 6.07) is 5.83. The van der Waals surface area contributed by atoms with Crippen LogP contribution in [0.15, 0.2) is 23.0 Å². The van der Waals surface area contributed by atoms with Crippen molar-refractivity contribution in [3.05, 3.63) is 34.2 Å². The first-order chi connectivity index (χ1) is 14.5.